The van der Waals surface area contributed by atoms with Crippen LogP contribution in [0.1, 0.15) is 16.8 Å². The van der Waals surface area contributed by atoms with Crippen molar-refractivity contribution in [2.45, 2.75) is 20.8 Å². The van der Waals surface area contributed by atoms with Crippen molar-refractivity contribution < 1.29 is 8.83 Å². The molecule has 0 bridgehead atoms. The van der Waals surface area contributed by atoms with Gasteiger partial charge in [-0.1, -0.05) is 30.3 Å². The van der Waals surface area contributed by atoms with Crippen molar-refractivity contribution in [2.24, 2.45) is 0 Å². The Morgan fingerprint density at radius 3 is 2.42 bits per heavy atom. The summed E-state index contributed by atoms with van der Waals surface area (Å²) >= 11 is 0. The third-order valence-electron chi connectivity index (χ3n) is 5.91. The molecule has 0 unspecified atom stereocenters. The molecule has 150 valence electrons. The van der Waals surface area contributed by atoms with E-state index in [1.807, 2.05) is 25.1 Å². The monoisotopic (exact) mass is 404 g/mol. The van der Waals surface area contributed by atoms with E-state index in [9.17, 15) is 0 Å². The highest BCUT2D eigenvalue weighted by Gasteiger charge is 2.16. The van der Waals surface area contributed by atoms with E-state index in [0.29, 0.717) is 5.71 Å². The van der Waals surface area contributed by atoms with Gasteiger partial charge < -0.3 is 8.83 Å². The van der Waals surface area contributed by atoms with E-state index in [-0.39, 0.29) is 0 Å². The lowest BCUT2D eigenvalue weighted by molar-refractivity contribution is 0.629. The molecular formula is C27H20N2O2. The fourth-order valence-electron chi connectivity index (χ4n) is 4.39. The molecule has 0 aliphatic heterocycles. The molecule has 4 nitrogen and oxygen atoms in total. The molecule has 0 aliphatic rings. The van der Waals surface area contributed by atoms with Crippen molar-refractivity contribution >= 4 is 33.0 Å². The molecule has 0 spiro atoms. The van der Waals surface area contributed by atoms with Crippen molar-refractivity contribution in [3.63, 3.8) is 0 Å². The third-order valence-corrected chi connectivity index (χ3v) is 5.91. The first-order valence-electron chi connectivity index (χ1n) is 10.3. The van der Waals surface area contributed by atoms with E-state index in [4.69, 9.17) is 13.8 Å². The van der Waals surface area contributed by atoms with Gasteiger partial charge in [-0.2, -0.15) is 0 Å². The number of hydrogen-bond acceptors (Lipinski definition) is 4. The Balaban J connectivity index is 1.54. The number of aromatic nitrogens is 2. The predicted octanol–water partition coefficient (Wildman–Crippen LogP) is 7.38. The van der Waals surface area contributed by atoms with E-state index in [0.717, 1.165) is 55.6 Å². The van der Waals surface area contributed by atoms with Gasteiger partial charge in [0.1, 0.15) is 11.3 Å². The molecule has 31 heavy (non-hydrogen) atoms. The molecule has 4 heterocycles. The summed E-state index contributed by atoms with van der Waals surface area (Å²) < 4.78 is 12.3. The molecule has 0 saturated heterocycles. The molecule has 6 rings (SSSR count). The van der Waals surface area contributed by atoms with Crippen LogP contribution in [0, 0.1) is 20.8 Å². The largest absolute Gasteiger partial charge is 0.454 e. The summed E-state index contributed by atoms with van der Waals surface area (Å²) in [7, 11) is 0. The average Bonchev–Trinajstić information content (AvgIpc) is 3.33. The highest BCUT2D eigenvalue weighted by Crippen LogP contribution is 2.37. The lowest BCUT2D eigenvalue weighted by atomic mass is 10.0. The Labute approximate surface area is 179 Å². The second-order valence-electron chi connectivity index (χ2n) is 8.07. The fourth-order valence-corrected chi connectivity index (χ4v) is 4.39. The molecule has 4 heteroatoms. The topological polar surface area (TPSA) is 52.1 Å². The molecule has 0 radical (unpaired) electrons. The first kappa shape index (κ1) is 17.9. The number of aryl methyl sites for hydroxylation is 3. The van der Waals surface area contributed by atoms with Crippen molar-refractivity contribution in [1.29, 1.82) is 0 Å². The smallest absolute Gasteiger partial charge is 0.227 e. The van der Waals surface area contributed by atoms with Crippen molar-refractivity contribution in [2.75, 3.05) is 0 Å². The molecule has 2 aromatic carbocycles. The third kappa shape index (κ3) is 2.76. The summed E-state index contributed by atoms with van der Waals surface area (Å²) in [6.07, 6.45) is 1.80. The van der Waals surface area contributed by atoms with E-state index in [2.05, 4.69) is 61.3 Å². The molecule has 4 aromatic heterocycles. The van der Waals surface area contributed by atoms with Crippen LogP contribution in [0.3, 0.4) is 0 Å². The van der Waals surface area contributed by atoms with E-state index >= 15 is 0 Å². The van der Waals surface area contributed by atoms with Crippen LogP contribution in [-0.2, 0) is 0 Å². The minimum atomic E-state index is 0.657. The lowest BCUT2D eigenvalue weighted by Crippen LogP contribution is -1.85. The highest BCUT2D eigenvalue weighted by atomic mass is 16.3. The Kier molecular flexibility index (Phi) is 3.78. The minimum Gasteiger partial charge on any atom is -0.454 e. The fraction of sp³-hybridized carbons (Fsp3) is 0.111. The molecule has 0 saturated carbocycles. The van der Waals surface area contributed by atoms with Gasteiger partial charge >= 0.3 is 0 Å². The summed E-state index contributed by atoms with van der Waals surface area (Å²) in [5, 5.41) is 3.08. The zero-order valence-corrected chi connectivity index (χ0v) is 17.6. The summed E-state index contributed by atoms with van der Waals surface area (Å²) in [5.41, 5.74) is 8.50. The van der Waals surface area contributed by atoms with Crippen LogP contribution in [0.25, 0.3) is 55.6 Å². The number of benzene rings is 2. The van der Waals surface area contributed by atoms with Gasteiger partial charge in [-0.05, 0) is 62.2 Å². The quantitative estimate of drug-likeness (QED) is 0.302. The van der Waals surface area contributed by atoms with Gasteiger partial charge in [-0.15, -0.1) is 0 Å². The van der Waals surface area contributed by atoms with Crippen LogP contribution < -0.4 is 0 Å². The summed E-state index contributed by atoms with van der Waals surface area (Å²) in [5.74, 6) is 0.867. The summed E-state index contributed by atoms with van der Waals surface area (Å²) in [4.78, 5) is 9.24. The lowest BCUT2D eigenvalue weighted by Gasteiger charge is -2.05. The number of hydrogen-bond donors (Lipinski definition) is 0. The second kappa shape index (κ2) is 6.54. The first-order chi connectivity index (χ1) is 15.1. The number of fused-ring (bicyclic) bond motifs is 4. The maximum absolute atomic E-state index is 6.16. The van der Waals surface area contributed by atoms with Crippen LogP contribution in [-0.4, -0.2) is 9.97 Å². The standard InChI is InChI=1S/C27H20N2O2/c1-15-6-4-7-16(2)25(15)23-13-18-12-22(28-14-24(18)30-23)21-9-5-8-19-20-11-10-17(3)29-27(20)31-26(19)21/h4-14H,1-3H3. The Morgan fingerprint density at radius 1 is 0.774 bits per heavy atom. The number of rotatable bonds is 2. The van der Waals surface area contributed by atoms with Gasteiger partial charge in [0.05, 0.1) is 11.9 Å². The number of pyridine rings is 2. The average molecular weight is 404 g/mol. The van der Waals surface area contributed by atoms with Gasteiger partial charge in [0, 0.05) is 33.0 Å². The van der Waals surface area contributed by atoms with Gasteiger partial charge in [0.15, 0.2) is 5.58 Å². The van der Waals surface area contributed by atoms with Crippen LogP contribution in [0.15, 0.2) is 75.7 Å². The molecular weight excluding hydrogens is 384 g/mol. The van der Waals surface area contributed by atoms with Crippen LogP contribution in [0.4, 0.5) is 0 Å². The van der Waals surface area contributed by atoms with E-state index in [1.165, 1.54) is 11.1 Å². The van der Waals surface area contributed by atoms with Gasteiger partial charge in [0.25, 0.3) is 0 Å². The second-order valence-corrected chi connectivity index (χ2v) is 8.07. The number of para-hydroxylation sites is 1. The molecule has 0 aliphatic carbocycles. The Morgan fingerprint density at radius 2 is 1.58 bits per heavy atom. The maximum atomic E-state index is 6.16. The number of furan rings is 2. The van der Waals surface area contributed by atoms with E-state index in [1.54, 1.807) is 6.20 Å². The Hall–Kier alpha value is -3.92. The maximum Gasteiger partial charge on any atom is 0.227 e. The van der Waals surface area contributed by atoms with Gasteiger partial charge in [0.2, 0.25) is 5.71 Å². The van der Waals surface area contributed by atoms with Crippen molar-refractivity contribution in [3.05, 3.63) is 83.7 Å². The minimum absolute atomic E-state index is 0.657. The molecule has 0 fully saturated rings. The Bertz CT molecular complexity index is 1600. The predicted molar refractivity (Wildman–Crippen MR) is 124 cm³/mol. The van der Waals surface area contributed by atoms with Gasteiger partial charge in [-0.3, -0.25) is 4.98 Å². The molecule has 0 amide bonds. The zero-order valence-electron chi connectivity index (χ0n) is 17.6. The normalized spacial score (nSPS) is 11.7. The van der Waals surface area contributed by atoms with Crippen molar-refractivity contribution in [1.82, 2.24) is 9.97 Å². The molecule has 0 atom stereocenters. The SMILES string of the molecule is Cc1ccc2c(n1)oc1c(-c3cc4cc(-c5c(C)cccc5C)oc4cn3)cccc12. The van der Waals surface area contributed by atoms with Crippen molar-refractivity contribution in [3.8, 4) is 22.6 Å². The van der Waals surface area contributed by atoms with Crippen LogP contribution in [0.2, 0.25) is 0 Å². The van der Waals surface area contributed by atoms with Crippen LogP contribution >= 0.6 is 0 Å². The first-order valence-corrected chi connectivity index (χ1v) is 10.3. The summed E-state index contributed by atoms with van der Waals surface area (Å²) in [6.45, 7) is 6.18. The highest BCUT2D eigenvalue weighted by molar-refractivity contribution is 6.08. The zero-order chi connectivity index (χ0) is 21.1. The number of nitrogens with zero attached hydrogens (tertiary/aromatic N) is 2. The molecule has 0 N–H and O–H groups in total. The molecule has 6 aromatic rings. The van der Waals surface area contributed by atoms with Gasteiger partial charge in [-0.25, -0.2) is 4.98 Å². The summed E-state index contributed by atoms with van der Waals surface area (Å²) in [6, 6.07) is 20.7. The van der Waals surface area contributed by atoms with E-state index < -0.39 is 0 Å². The van der Waals surface area contributed by atoms with Crippen LogP contribution in [0.5, 0.6) is 0 Å².